The maximum atomic E-state index is 12.2. The summed E-state index contributed by atoms with van der Waals surface area (Å²) >= 11 is 0. The van der Waals surface area contributed by atoms with E-state index in [4.69, 9.17) is 4.74 Å². The van der Waals surface area contributed by atoms with Crippen molar-refractivity contribution >= 4 is 11.5 Å². The molecule has 0 amide bonds. The molecule has 2 aromatic rings. The molecule has 24 heavy (non-hydrogen) atoms. The molecule has 1 saturated carbocycles. The molecule has 0 saturated heterocycles. The number of hydrogen-bond acceptors (Lipinski definition) is 2. The van der Waals surface area contributed by atoms with Crippen LogP contribution in [0.3, 0.4) is 0 Å². The molecule has 2 atom stereocenters. The first-order valence-corrected chi connectivity index (χ1v) is 8.55. The SMILES string of the molecule is CCOC(=O)[C@@H]1[C@@H](C=C(c2ccccc2)c2ccccc2)C1(C)C. The summed E-state index contributed by atoms with van der Waals surface area (Å²) in [5.41, 5.74) is 3.48. The van der Waals surface area contributed by atoms with Crippen LogP contribution in [0.5, 0.6) is 0 Å². The van der Waals surface area contributed by atoms with Gasteiger partial charge in [-0.1, -0.05) is 80.6 Å². The second-order valence-corrected chi connectivity index (χ2v) is 6.89. The van der Waals surface area contributed by atoms with Crippen molar-refractivity contribution in [2.45, 2.75) is 20.8 Å². The van der Waals surface area contributed by atoms with E-state index in [1.807, 2.05) is 43.3 Å². The maximum absolute atomic E-state index is 12.2. The maximum Gasteiger partial charge on any atom is 0.310 e. The van der Waals surface area contributed by atoms with E-state index >= 15 is 0 Å². The van der Waals surface area contributed by atoms with Crippen LogP contribution in [0.1, 0.15) is 31.9 Å². The lowest BCUT2D eigenvalue weighted by molar-refractivity contribution is -0.145. The van der Waals surface area contributed by atoms with Crippen molar-refractivity contribution in [2.24, 2.45) is 17.3 Å². The molecular formula is C22H24O2. The minimum Gasteiger partial charge on any atom is -0.466 e. The van der Waals surface area contributed by atoms with Crippen LogP contribution in [0, 0.1) is 17.3 Å². The third-order valence-electron chi connectivity index (χ3n) is 4.97. The van der Waals surface area contributed by atoms with Crippen LogP contribution >= 0.6 is 0 Å². The Morgan fingerprint density at radius 2 is 1.50 bits per heavy atom. The van der Waals surface area contributed by atoms with Crippen molar-refractivity contribution in [3.05, 3.63) is 77.9 Å². The highest BCUT2D eigenvalue weighted by atomic mass is 16.5. The van der Waals surface area contributed by atoms with Gasteiger partial charge in [0, 0.05) is 0 Å². The summed E-state index contributed by atoms with van der Waals surface area (Å²) in [5, 5.41) is 0. The third-order valence-corrected chi connectivity index (χ3v) is 4.97. The zero-order valence-electron chi connectivity index (χ0n) is 14.5. The van der Waals surface area contributed by atoms with Crippen LogP contribution < -0.4 is 0 Å². The predicted molar refractivity (Wildman–Crippen MR) is 97.4 cm³/mol. The summed E-state index contributed by atoms with van der Waals surface area (Å²) in [6.45, 7) is 6.58. The summed E-state index contributed by atoms with van der Waals surface area (Å²) in [6, 6.07) is 20.7. The van der Waals surface area contributed by atoms with Crippen molar-refractivity contribution in [1.82, 2.24) is 0 Å². The van der Waals surface area contributed by atoms with Crippen LogP contribution in [0.4, 0.5) is 0 Å². The smallest absolute Gasteiger partial charge is 0.310 e. The number of ether oxygens (including phenoxy) is 1. The fourth-order valence-corrected chi connectivity index (χ4v) is 3.45. The Hall–Kier alpha value is -2.35. The van der Waals surface area contributed by atoms with Crippen molar-refractivity contribution in [3.8, 4) is 0 Å². The Kier molecular flexibility index (Phi) is 4.57. The lowest BCUT2D eigenvalue weighted by atomic mass is 9.95. The zero-order chi connectivity index (χ0) is 17.2. The minimum atomic E-state index is -0.0794. The van der Waals surface area contributed by atoms with Gasteiger partial charge in [0.2, 0.25) is 0 Å². The second-order valence-electron chi connectivity index (χ2n) is 6.89. The number of allylic oxidation sites excluding steroid dienone is 1. The highest BCUT2D eigenvalue weighted by Crippen LogP contribution is 2.60. The number of carbonyl (C=O) groups is 1. The fourth-order valence-electron chi connectivity index (χ4n) is 3.45. The van der Waals surface area contributed by atoms with Gasteiger partial charge in [-0.15, -0.1) is 0 Å². The summed E-state index contributed by atoms with van der Waals surface area (Å²) in [7, 11) is 0. The number of benzene rings is 2. The van der Waals surface area contributed by atoms with Gasteiger partial charge in [-0.2, -0.15) is 0 Å². The summed E-state index contributed by atoms with van der Waals surface area (Å²) in [5.74, 6) is 0.0658. The van der Waals surface area contributed by atoms with E-state index in [0.29, 0.717) is 6.61 Å². The molecule has 1 aliphatic rings. The molecule has 2 heteroatoms. The van der Waals surface area contributed by atoms with Gasteiger partial charge in [0.25, 0.3) is 0 Å². The fraction of sp³-hybridized carbons (Fsp3) is 0.318. The van der Waals surface area contributed by atoms with Crippen LogP contribution in [-0.2, 0) is 9.53 Å². The van der Waals surface area contributed by atoms with Gasteiger partial charge >= 0.3 is 5.97 Å². The number of carbonyl (C=O) groups excluding carboxylic acids is 1. The van der Waals surface area contributed by atoms with E-state index in [-0.39, 0.29) is 23.2 Å². The molecule has 124 valence electrons. The average molecular weight is 320 g/mol. The van der Waals surface area contributed by atoms with Crippen molar-refractivity contribution in [2.75, 3.05) is 6.61 Å². The van der Waals surface area contributed by atoms with E-state index in [0.717, 1.165) is 0 Å². The molecule has 0 heterocycles. The molecule has 2 nitrogen and oxygen atoms in total. The third kappa shape index (κ3) is 3.14. The van der Waals surface area contributed by atoms with Gasteiger partial charge in [0.15, 0.2) is 0 Å². The topological polar surface area (TPSA) is 26.3 Å². The highest BCUT2D eigenvalue weighted by molar-refractivity contribution is 5.83. The molecule has 0 unspecified atom stereocenters. The van der Waals surface area contributed by atoms with Gasteiger partial charge < -0.3 is 4.74 Å². The van der Waals surface area contributed by atoms with Gasteiger partial charge in [0.1, 0.15) is 0 Å². The van der Waals surface area contributed by atoms with Crippen molar-refractivity contribution in [1.29, 1.82) is 0 Å². The molecule has 0 bridgehead atoms. The number of rotatable bonds is 5. The Morgan fingerprint density at radius 3 is 1.96 bits per heavy atom. The Balaban J connectivity index is 1.98. The summed E-state index contributed by atoms with van der Waals surface area (Å²) in [6.07, 6.45) is 2.26. The molecular weight excluding hydrogens is 296 g/mol. The molecule has 0 spiro atoms. The number of hydrogen-bond donors (Lipinski definition) is 0. The van der Waals surface area contributed by atoms with Crippen molar-refractivity contribution in [3.63, 3.8) is 0 Å². The summed E-state index contributed by atoms with van der Waals surface area (Å²) in [4.78, 5) is 12.2. The molecule has 3 rings (SSSR count). The first-order chi connectivity index (χ1) is 11.6. The standard InChI is InChI=1S/C22H24O2/c1-4-24-21(23)20-19(22(20,2)3)15-18(16-11-7-5-8-12-16)17-13-9-6-10-14-17/h5-15,19-20H,4H2,1-3H3/t19-,20+/m1/s1. The van der Waals surface area contributed by atoms with Gasteiger partial charge in [-0.05, 0) is 35.0 Å². The predicted octanol–water partition coefficient (Wildman–Crippen LogP) is 4.95. The molecule has 0 N–H and O–H groups in total. The average Bonchev–Trinajstić information content (AvgIpc) is 3.15. The van der Waals surface area contributed by atoms with E-state index in [9.17, 15) is 4.79 Å². The van der Waals surface area contributed by atoms with E-state index in [1.54, 1.807) is 0 Å². The van der Waals surface area contributed by atoms with Gasteiger partial charge in [0.05, 0.1) is 12.5 Å². The largest absolute Gasteiger partial charge is 0.466 e. The monoisotopic (exact) mass is 320 g/mol. The lowest BCUT2D eigenvalue weighted by Crippen LogP contribution is -2.10. The minimum absolute atomic E-state index is 0.0545. The Morgan fingerprint density at radius 1 is 1.00 bits per heavy atom. The quantitative estimate of drug-likeness (QED) is 0.728. The highest BCUT2D eigenvalue weighted by Gasteiger charge is 2.61. The zero-order valence-corrected chi connectivity index (χ0v) is 14.5. The molecule has 0 aromatic heterocycles. The van der Waals surface area contributed by atoms with E-state index in [2.05, 4.69) is 44.2 Å². The van der Waals surface area contributed by atoms with Crippen molar-refractivity contribution < 1.29 is 9.53 Å². The first-order valence-electron chi connectivity index (χ1n) is 8.55. The Bertz CT molecular complexity index is 688. The van der Waals surface area contributed by atoms with Gasteiger partial charge in [-0.3, -0.25) is 4.79 Å². The molecule has 1 fully saturated rings. The van der Waals surface area contributed by atoms with E-state index in [1.165, 1.54) is 16.7 Å². The molecule has 1 aliphatic carbocycles. The lowest BCUT2D eigenvalue weighted by Gasteiger charge is -2.09. The van der Waals surface area contributed by atoms with Crippen LogP contribution in [0.15, 0.2) is 66.7 Å². The second kappa shape index (κ2) is 6.64. The van der Waals surface area contributed by atoms with Gasteiger partial charge in [-0.25, -0.2) is 0 Å². The first kappa shape index (κ1) is 16.5. The van der Waals surface area contributed by atoms with E-state index < -0.39 is 0 Å². The Labute approximate surface area is 144 Å². The van der Waals surface area contributed by atoms with Crippen LogP contribution in [0.25, 0.3) is 5.57 Å². The number of esters is 1. The summed E-state index contributed by atoms with van der Waals surface area (Å²) < 4.78 is 5.26. The van der Waals surface area contributed by atoms with Crippen LogP contribution in [0.2, 0.25) is 0 Å². The molecule has 0 aliphatic heterocycles. The van der Waals surface area contributed by atoms with Crippen LogP contribution in [-0.4, -0.2) is 12.6 Å². The normalized spacial score (nSPS) is 21.0. The molecule has 0 radical (unpaired) electrons. The molecule has 2 aromatic carbocycles.